The van der Waals surface area contributed by atoms with Gasteiger partial charge in [0.1, 0.15) is 0 Å². The SMILES string of the molecule is O=C(OCC1CCC2OC2C1)n1c2ccc(-c3cccc4c3sc3ccccc34)cc2c2cc(-c3cccc4c3sc3ccccc34)ccc21. The molecule has 0 bridgehead atoms. The zero-order valence-corrected chi connectivity index (χ0v) is 28.7. The number of hydrogen-bond acceptors (Lipinski definition) is 5. The number of carbonyl (C=O) groups is 1. The van der Waals surface area contributed by atoms with Crippen molar-refractivity contribution in [2.75, 3.05) is 6.61 Å². The minimum Gasteiger partial charge on any atom is -0.449 e. The summed E-state index contributed by atoms with van der Waals surface area (Å²) in [6, 6.07) is 43.6. The van der Waals surface area contributed by atoms with Crippen LogP contribution in [0.15, 0.2) is 121 Å². The van der Waals surface area contributed by atoms with Crippen LogP contribution in [0.1, 0.15) is 19.3 Å². The Bertz CT molecular complexity index is 2670. The highest BCUT2D eigenvalue weighted by atomic mass is 32.1. The van der Waals surface area contributed by atoms with Gasteiger partial charge in [0, 0.05) is 51.1 Å². The largest absolute Gasteiger partial charge is 0.449 e. The van der Waals surface area contributed by atoms with Gasteiger partial charge in [-0.05, 0) is 83.8 Å². The fourth-order valence-corrected chi connectivity index (χ4v) is 10.9. The molecule has 50 heavy (non-hydrogen) atoms. The maximum atomic E-state index is 14.0. The average Bonchev–Trinajstić information content (AvgIpc) is 3.52. The summed E-state index contributed by atoms with van der Waals surface area (Å²) in [6.07, 6.45) is 3.55. The Balaban J connectivity index is 1.09. The van der Waals surface area contributed by atoms with Gasteiger partial charge in [0.05, 0.1) is 29.8 Å². The van der Waals surface area contributed by atoms with Crippen LogP contribution in [-0.2, 0) is 9.47 Å². The maximum absolute atomic E-state index is 14.0. The minimum atomic E-state index is -0.317. The molecule has 6 heteroatoms. The first-order valence-corrected chi connectivity index (χ1v) is 19.0. The molecule has 2 fully saturated rings. The molecule has 1 saturated heterocycles. The summed E-state index contributed by atoms with van der Waals surface area (Å²) in [6.45, 7) is 0.421. The number of nitrogens with zero attached hydrogens (tertiary/aromatic N) is 1. The van der Waals surface area contributed by atoms with E-state index in [0.717, 1.165) is 52.2 Å². The molecule has 3 atom stereocenters. The van der Waals surface area contributed by atoms with Crippen molar-refractivity contribution in [3.05, 3.63) is 121 Å². The molecule has 4 nitrogen and oxygen atoms in total. The number of carbonyl (C=O) groups excluding carboxylic acids is 1. The van der Waals surface area contributed by atoms with Crippen LogP contribution in [0.3, 0.4) is 0 Å². The summed E-state index contributed by atoms with van der Waals surface area (Å²) < 4.78 is 18.8. The molecule has 11 rings (SSSR count). The van der Waals surface area contributed by atoms with E-state index in [-0.39, 0.29) is 6.09 Å². The van der Waals surface area contributed by atoms with Crippen LogP contribution >= 0.6 is 22.7 Å². The molecule has 9 aromatic rings. The molecular formula is C44H31NO3S2. The van der Waals surface area contributed by atoms with Crippen LogP contribution < -0.4 is 0 Å². The Hall–Kier alpha value is -5.01. The number of hydrogen-bond donors (Lipinski definition) is 0. The van der Waals surface area contributed by atoms with E-state index >= 15 is 0 Å². The lowest BCUT2D eigenvalue weighted by atomic mass is 9.90. The highest BCUT2D eigenvalue weighted by Gasteiger charge is 2.44. The number of rotatable bonds is 4. The van der Waals surface area contributed by atoms with E-state index in [9.17, 15) is 4.79 Å². The Morgan fingerprint density at radius 2 is 1.18 bits per heavy atom. The Morgan fingerprint density at radius 1 is 0.620 bits per heavy atom. The first kappa shape index (κ1) is 28.8. The molecular weight excluding hydrogens is 655 g/mol. The van der Waals surface area contributed by atoms with Gasteiger partial charge < -0.3 is 9.47 Å². The highest BCUT2D eigenvalue weighted by Crippen LogP contribution is 2.44. The molecule has 0 radical (unpaired) electrons. The van der Waals surface area contributed by atoms with Crippen molar-refractivity contribution < 1.29 is 14.3 Å². The molecule has 1 aliphatic carbocycles. The third kappa shape index (κ3) is 4.42. The molecule has 6 aromatic carbocycles. The van der Waals surface area contributed by atoms with Crippen LogP contribution in [-0.4, -0.2) is 29.5 Å². The van der Waals surface area contributed by atoms with Crippen LogP contribution in [0.25, 0.3) is 84.4 Å². The molecule has 2 aliphatic rings. The van der Waals surface area contributed by atoms with E-state index in [1.54, 1.807) is 4.57 Å². The predicted octanol–water partition coefficient (Wildman–Crippen LogP) is 12.4. The van der Waals surface area contributed by atoms with E-state index in [1.807, 2.05) is 22.7 Å². The van der Waals surface area contributed by atoms with Gasteiger partial charge in [-0.1, -0.05) is 84.9 Å². The molecule has 242 valence electrons. The van der Waals surface area contributed by atoms with Gasteiger partial charge in [0.15, 0.2) is 0 Å². The summed E-state index contributed by atoms with van der Waals surface area (Å²) in [5.74, 6) is 0.345. The van der Waals surface area contributed by atoms with Crippen molar-refractivity contribution in [1.29, 1.82) is 0 Å². The number of fused-ring (bicyclic) bond motifs is 10. The smallest absolute Gasteiger partial charge is 0.418 e. The number of thiophene rings is 2. The van der Waals surface area contributed by atoms with Gasteiger partial charge in [0.25, 0.3) is 0 Å². The predicted molar refractivity (Wildman–Crippen MR) is 209 cm³/mol. The van der Waals surface area contributed by atoms with Crippen molar-refractivity contribution in [2.45, 2.75) is 31.5 Å². The fourth-order valence-electron chi connectivity index (χ4n) is 8.40. The molecule has 0 spiro atoms. The van der Waals surface area contributed by atoms with E-state index in [0.29, 0.717) is 24.7 Å². The molecule has 0 N–H and O–H groups in total. The summed E-state index contributed by atoms with van der Waals surface area (Å²) in [7, 11) is 0. The number of ether oxygens (including phenoxy) is 2. The first-order valence-electron chi connectivity index (χ1n) is 17.4. The first-order chi connectivity index (χ1) is 24.7. The minimum absolute atomic E-state index is 0.317. The van der Waals surface area contributed by atoms with Gasteiger partial charge in [-0.25, -0.2) is 9.36 Å². The van der Waals surface area contributed by atoms with Crippen molar-refractivity contribution in [1.82, 2.24) is 4.57 Å². The van der Waals surface area contributed by atoms with E-state index in [1.165, 1.54) is 51.5 Å². The van der Waals surface area contributed by atoms with Gasteiger partial charge >= 0.3 is 6.09 Å². The van der Waals surface area contributed by atoms with Gasteiger partial charge in [-0.15, -0.1) is 22.7 Å². The molecule has 3 unspecified atom stereocenters. The van der Waals surface area contributed by atoms with E-state index in [4.69, 9.17) is 9.47 Å². The maximum Gasteiger partial charge on any atom is 0.418 e. The van der Waals surface area contributed by atoms with Crippen LogP contribution in [0.4, 0.5) is 4.79 Å². The second-order valence-corrected chi connectivity index (χ2v) is 15.9. The highest BCUT2D eigenvalue weighted by molar-refractivity contribution is 7.26. The Morgan fingerprint density at radius 3 is 1.76 bits per heavy atom. The van der Waals surface area contributed by atoms with Gasteiger partial charge in [0.2, 0.25) is 0 Å². The van der Waals surface area contributed by atoms with E-state index in [2.05, 4.69) is 121 Å². The number of benzene rings is 6. The fraction of sp³-hybridized carbons (Fsp3) is 0.159. The monoisotopic (exact) mass is 685 g/mol. The summed E-state index contributed by atoms with van der Waals surface area (Å²) in [5.41, 5.74) is 6.42. The van der Waals surface area contributed by atoms with Gasteiger partial charge in [-0.3, -0.25) is 0 Å². The van der Waals surface area contributed by atoms with Gasteiger partial charge in [-0.2, -0.15) is 0 Å². The standard InChI is InChI=1S/C44H31NO3S2/c46-44(47-24-25-15-20-38-39(21-25)48-38)45-36-18-16-26(28-9-5-11-32-30-7-1-3-13-40(30)49-42(28)32)22-34(36)35-23-27(17-19-37(35)45)29-10-6-12-33-31-8-2-4-14-41(31)50-43(29)33/h1-14,16-19,22-23,25,38-39H,15,20-21,24H2. The summed E-state index contributed by atoms with van der Waals surface area (Å²) >= 11 is 3.68. The van der Waals surface area contributed by atoms with Crippen molar-refractivity contribution in [3.63, 3.8) is 0 Å². The van der Waals surface area contributed by atoms with Crippen LogP contribution in [0.2, 0.25) is 0 Å². The molecule has 0 amide bonds. The summed E-state index contributed by atoms with van der Waals surface area (Å²) in [5, 5.41) is 7.22. The van der Waals surface area contributed by atoms with Crippen molar-refractivity contribution >= 4 is 90.9 Å². The van der Waals surface area contributed by atoms with Crippen LogP contribution in [0.5, 0.6) is 0 Å². The Kier molecular flexibility index (Phi) is 6.33. The third-order valence-corrected chi connectivity index (χ3v) is 13.4. The average molecular weight is 686 g/mol. The van der Waals surface area contributed by atoms with Crippen LogP contribution in [0, 0.1) is 5.92 Å². The number of epoxide rings is 1. The zero-order valence-electron chi connectivity index (χ0n) is 27.1. The second-order valence-electron chi connectivity index (χ2n) is 13.8. The molecule has 1 aliphatic heterocycles. The Labute approximate surface area is 296 Å². The molecule has 4 heterocycles. The van der Waals surface area contributed by atoms with Crippen molar-refractivity contribution in [3.8, 4) is 22.3 Å². The lowest BCUT2D eigenvalue weighted by molar-refractivity contribution is 0.121. The molecule has 3 aromatic heterocycles. The normalized spacial score (nSPS) is 18.8. The quantitative estimate of drug-likeness (QED) is 0.173. The third-order valence-electron chi connectivity index (χ3n) is 10.9. The molecule has 1 saturated carbocycles. The topological polar surface area (TPSA) is 43.8 Å². The lowest BCUT2D eigenvalue weighted by Crippen LogP contribution is -2.22. The second kappa shape index (κ2) is 11.0. The summed E-state index contributed by atoms with van der Waals surface area (Å²) in [4.78, 5) is 14.0. The number of aromatic nitrogens is 1. The van der Waals surface area contributed by atoms with Crippen molar-refractivity contribution in [2.24, 2.45) is 5.92 Å². The van der Waals surface area contributed by atoms with E-state index < -0.39 is 0 Å². The lowest BCUT2D eigenvalue weighted by Gasteiger charge is -2.19. The zero-order chi connectivity index (χ0) is 32.9.